The number of nitrogens with zero attached hydrogens (tertiary/aromatic N) is 5. The lowest BCUT2D eigenvalue weighted by atomic mass is 10.1. The molecule has 4 rings (SSSR count). The van der Waals surface area contributed by atoms with Gasteiger partial charge < -0.3 is 14.2 Å². The van der Waals surface area contributed by atoms with Gasteiger partial charge in [0.05, 0.1) is 13.2 Å². The fourth-order valence-electron chi connectivity index (χ4n) is 3.72. The number of methoxy groups -OCH3 is 1. The normalized spacial score (nSPS) is 16.6. The predicted octanol–water partition coefficient (Wildman–Crippen LogP) is 2.09. The van der Waals surface area contributed by atoms with E-state index >= 15 is 0 Å². The Morgan fingerprint density at radius 3 is 2.61 bits per heavy atom. The van der Waals surface area contributed by atoms with E-state index in [1.807, 2.05) is 28.8 Å². The molecule has 1 aliphatic heterocycles. The minimum atomic E-state index is -0.381. The Balaban J connectivity index is 1.96. The molecule has 0 bridgehead atoms. The van der Waals surface area contributed by atoms with E-state index in [4.69, 9.17) is 9.72 Å². The third-order valence-corrected chi connectivity index (χ3v) is 5.63. The van der Waals surface area contributed by atoms with Gasteiger partial charge in [-0.2, -0.15) is 4.98 Å². The number of aromatic nitrogens is 4. The van der Waals surface area contributed by atoms with Gasteiger partial charge in [0.25, 0.3) is 5.56 Å². The van der Waals surface area contributed by atoms with Crippen LogP contribution in [0.1, 0.15) is 6.92 Å². The van der Waals surface area contributed by atoms with Gasteiger partial charge in [-0.1, -0.05) is 22.9 Å². The van der Waals surface area contributed by atoms with Crippen LogP contribution in [0, 0.1) is 5.92 Å². The molecule has 28 heavy (non-hydrogen) atoms. The van der Waals surface area contributed by atoms with E-state index in [1.54, 1.807) is 14.2 Å². The molecule has 3 heterocycles. The molecule has 8 nitrogen and oxygen atoms in total. The van der Waals surface area contributed by atoms with Gasteiger partial charge in [-0.15, -0.1) is 0 Å². The third-order valence-electron chi connectivity index (χ3n) is 5.10. The molecule has 1 atom stereocenters. The van der Waals surface area contributed by atoms with Crippen LogP contribution in [0.2, 0.25) is 0 Å². The molecular weight excluding hydrogens is 426 g/mol. The van der Waals surface area contributed by atoms with Crippen molar-refractivity contribution in [3.05, 3.63) is 49.6 Å². The molecule has 0 amide bonds. The highest BCUT2D eigenvalue weighted by atomic mass is 79.9. The molecule has 0 radical (unpaired) electrons. The number of imidazole rings is 1. The Morgan fingerprint density at radius 2 is 1.93 bits per heavy atom. The van der Waals surface area contributed by atoms with Crippen molar-refractivity contribution in [2.45, 2.75) is 20.0 Å². The van der Waals surface area contributed by atoms with E-state index in [0.29, 0.717) is 36.2 Å². The van der Waals surface area contributed by atoms with Crippen molar-refractivity contribution in [2.75, 3.05) is 25.2 Å². The maximum absolute atomic E-state index is 13.1. The monoisotopic (exact) mass is 447 g/mol. The first-order valence-corrected chi connectivity index (χ1v) is 9.93. The van der Waals surface area contributed by atoms with Crippen molar-refractivity contribution in [1.82, 2.24) is 18.7 Å². The number of benzene rings is 1. The molecule has 0 saturated carbocycles. The smallest absolute Gasteiger partial charge is 0.332 e. The maximum Gasteiger partial charge on any atom is 0.332 e. The summed E-state index contributed by atoms with van der Waals surface area (Å²) in [7, 11) is 3.20. The Labute approximate surface area is 170 Å². The molecule has 2 aromatic heterocycles. The van der Waals surface area contributed by atoms with Gasteiger partial charge in [0.15, 0.2) is 11.2 Å². The van der Waals surface area contributed by atoms with Gasteiger partial charge >= 0.3 is 5.69 Å². The van der Waals surface area contributed by atoms with E-state index in [1.165, 1.54) is 9.13 Å². The average Bonchev–Trinajstić information content (AvgIpc) is 3.06. The number of anilines is 2. The second-order valence-electron chi connectivity index (χ2n) is 7.18. The molecular formula is C19H22BrN5O3. The Hall–Kier alpha value is -2.39. The van der Waals surface area contributed by atoms with E-state index in [0.717, 1.165) is 16.7 Å². The Morgan fingerprint density at radius 1 is 1.21 bits per heavy atom. The van der Waals surface area contributed by atoms with Crippen LogP contribution in [-0.4, -0.2) is 38.9 Å². The first-order valence-electron chi connectivity index (χ1n) is 9.14. The van der Waals surface area contributed by atoms with Gasteiger partial charge in [0.2, 0.25) is 5.95 Å². The van der Waals surface area contributed by atoms with E-state index in [9.17, 15) is 9.59 Å². The molecule has 9 heteroatoms. The average molecular weight is 448 g/mol. The number of aryl methyl sites for hydroxylation is 1. The number of hydrogen-bond acceptors (Lipinski definition) is 5. The molecule has 0 N–H and O–H groups in total. The molecule has 1 aromatic carbocycles. The lowest BCUT2D eigenvalue weighted by molar-refractivity contribution is 0.184. The molecule has 3 aromatic rings. The van der Waals surface area contributed by atoms with Crippen LogP contribution in [0.5, 0.6) is 0 Å². The highest BCUT2D eigenvalue weighted by Crippen LogP contribution is 2.33. The fourth-order valence-corrected chi connectivity index (χ4v) is 3.99. The van der Waals surface area contributed by atoms with Gasteiger partial charge in [-0.3, -0.25) is 13.9 Å². The van der Waals surface area contributed by atoms with Crippen LogP contribution in [0.3, 0.4) is 0 Å². The number of fused-ring (bicyclic) bond motifs is 3. The summed E-state index contributed by atoms with van der Waals surface area (Å²) in [5.41, 5.74) is 1.17. The first-order chi connectivity index (χ1) is 13.4. The van der Waals surface area contributed by atoms with Crippen LogP contribution in [0.15, 0.2) is 38.3 Å². The predicted molar refractivity (Wildman–Crippen MR) is 111 cm³/mol. The molecule has 1 aliphatic rings. The summed E-state index contributed by atoms with van der Waals surface area (Å²) in [5, 5.41) is 0. The zero-order valence-corrected chi connectivity index (χ0v) is 17.6. The molecule has 0 aliphatic carbocycles. The molecule has 0 spiro atoms. The van der Waals surface area contributed by atoms with Crippen molar-refractivity contribution in [2.24, 2.45) is 13.0 Å². The van der Waals surface area contributed by atoms with Gasteiger partial charge in [0, 0.05) is 37.4 Å². The van der Waals surface area contributed by atoms with Crippen molar-refractivity contribution in [3.63, 3.8) is 0 Å². The minimum absolute atomic E-state index is 0.213. The van der Waals surface area contributed by atoms with Crippen LogP contribution in [0.25, 0.3) is 11.2 Å². The van der Waals surface area contributed by atoms with Crippen LogP contribution >= 0.6 is 15.9 Å². The summed E-state index contributed by atoms with van der Waals surface area (Å²) in [6.07, 6.45) is 0. The third kappa shape index (κ3) is 2.98. The standard InChI is InChI=1S/C19H22BrN5O3/c1-12-10-24(14-6-4-13(20)5-7-14)18-21-16-15(25(18)11-12)17(26)23(8-9-28-3)19(27)22(16)2/h4-7,12H,8-11H2,1-3H3/t12-/m0/s1. The van der Waals surface area contributed by atoms with Gasteiger partial charge in [-0.25, -0.2) is 4.79 Å². The van der Waals surface area contributed by atoms with Gasteiger partial charge in [-0.05, 0) is 30.2 Å². The Kier molecular flexibility index (Phi) is 4.88. The zero-order valence-electron chi connectivity index (χ0n) is 16.1. The molecule has 0 saturated heterocycles. The summed E-state index contributed by atoms with van der Waals surface area (Å²) in [6, 6.07) is 7.99. The highest BCUT2D eigenvalue weighted by Gasteiger charge is 2.29. The van der Waals surface area contributed by atoms with E-state index in [-0.39, 0.29) is 17.8 Å². The number of rotatable bonds is 4. The maximum atomic E-state index is 13.1. The zero-order chi connectivity index (χ0) is 20.0. The first kappa shape index (κ1) is 18.9. The summed E-state index contributed by atoms with van der Waals surface area (Å²) < 4.78 is 10.7. The quantitative estimate of drug-likeness (QED) is 0.611. The van der Waals surface area contributed by atoms with Crippen molar-refractivity contribution in [1.29, 1.82) is 0 Å². The number of ether oxygens (including phenoxy) is 1. The fraction of sp³-hybridized carbons (Fsp3) is 0.421. The molecule has 148 valence electrons. The van der Waals surface area contributed by atoms with Crippen molar-refractivity contribution in [3.8, 4) is 0 Å². The second kappa shape index (κ2) is 7.21. The van der Waals surface area contributed by atoms with Gasteiger partial charge in [0.1, 0.15) is 0 Å². The van der Waals surface area contributed by atoms with Crippen molar-refractivity contribution < 1.29 is 4.74 Å². The van der Waals surface area contributed by atoms with E-state index < -0.39 is 0 Å². The SMILES string of the molecule is COCCn1c(=O)c2c(nc3n2C[C@@H](C)CN3c2ccc(Br)cc2)n(C)c1=O. The lowest BCUT2D eigenvalue weighted by Gasteiger charge is -2.33. The summed E-state index contributed by atoms with van der Waals surface area (Å²) >= 11 is 3.47. The Bertz CT molecular complexity index is 1150. The highest BCUT2D eigenvalue weighted by molar-refractivity contribution is 9.10. The second-order valence-corrected chi connectivity index (χ2v) is 8.09. The van der Waals surface area contributed by atoms with Crippen LogP contribution in [-0.2, 0) is 24.9 Å². The number of hydrogen-bond donors (Lipinski definition) is 0. The summed E-state index contributed by atoms with van der Waals surface area (Å²) in [6.45, 7) is 4.12. The number of halogens is 1. The van der Waals surface area contributed by atoms with Crippen LogP contribution < -0.4 is 16.1 Å². The van der Waals surface area contributed by atoms with Crippen molar-refractivity contribution >= 4 is 38.7 Å². The largest absolute Gasteiger partial charge is 0.383 e. The molecule has 0 unspecified atom stereocenters. The van der Waals surface area contributed by atoms with Crippen LogP contribution in [0.4, 0.5) is 11.6 Å². The minimum Gasteiger partial charge on any atom is -0.383 e. The summed E-state index contributed by atoms with van der Waals surface area (Å²) in [5.74, 6) is 1.00. The topological polar surface area (TPSA) is 74.3 Å². The van der Waals surface area contributed by atoms with E-state index in [2.05, 4.69) is 27.8 Å². The lowest BCUT2D eigenvalue weighted by Crippen LogP contribution is -2.41. The summed E-state index contributed by atoms with van der Waals surface area (Å²) in [4.78, 5) is 32.6. The molecule has 0 fully saturated rings.